The molecule has 0 unspecified atom stereocenters. The molecule has 5 N–H and O–H groups in total. The molecule has 0 aromatic heterocycles. The lowest BCUT2D eigenvalue weighted by atomic mass is 10.2. The molecule has 0 atom stereocenters. The van der Waals surface area contributed by atoms with Crippen molar-refractivity contribution in [1.82, 2.24) is 0 Å². The van der Waals surface area contributed by atoms with Crippen LogP contribution >= 0.6 is 0 Å². The van der Waals surface area contributed by atoms with Crippen LogP contribution in [0.2, 0.25) is 0 Å². The van der Waals surface area contributed by atoms with E-state index in [1.54, 1.807) is 0 Å². The van der Waals surface area contributed by atoms with Gasteiger partial charge in [0.15, 0.2) is 0 Å². The van der Waals surface area contributed by atoms with Crippen molar-refractivity contribution in [1.29, 1.82) is 5.41 Å². The molecule has 15 heavy (non-hydrogen) atoms. The maximum absolute atomic E-state index is 9.44. The molecule has 5 heteroatoms. The molecule has 82 valence electrons. The van der Waals surface area contributed by atoms with Crippen LogP contribution in [0.4, 0.5) is 0 Å². The Labute approximate surface area is 87.7 Å². The van der Waals surface area contributed by atoms with Gasteiger partial charge < -0.3 is 15.9 Å². The lowest BCUT2D eigenvalue weighted by Crippen LogP contribution is -2.10. The summed E-state index contributed by atoms with van der Waals surface area (Å²) >= 11 is 0. The number of aliphatic hydroxyl groups excluding tert-OH is 1. The molecule has 5 nitrogen and oxygen atoms in total. The zero-order valence-electron chi connectivity index (χ0n) is 8.18. The quantitative estimate of drug-likeness (QED) is 0.428. The van der Waals surface area contributed by atoms with Crippen LogP contribution in [0.25, 0.3) is 0 Å². The summed E-state index contributed by atoms with van der Waals surface area (Å²) in [6.45, 7) is -0.269. The van der Waals surface area contributed by atoms with Gasteiger partial charge in [-0.05, 0) is 0 Å². The maximum atomic E-state index is 9.44. The molecule has 0 saturated carbocycles. The summed E-state index contributed by atoms with van der Waals surface area (Å²) in [6.07, 6.45) is -0.153. The van der Waals surface area contributed by atoms with Gasteiger partial charge in [-0.1, -0.05) is 30.3 Å². The van der Waals surface area contributed by atoms with Crippen molar-refractivity contribution in [2.75, 3.05) is 6.61 Å². The van der Waals surface area contributed by atoms with E-state index < -0.39 is 5.97 Å². The third kappa shape index (κ3) is 7.21. The van der Waals surface area contributed by atoms with E-state index >= 15 is 0 Å². The van der Waals surface area contributed by atoms with Gasteiger partial charge in [0, 0.05) is 5.56 Å². The summed E-state index contributed by atoms with van der Waals surface area (Å²) in [5, 5.41) is 22.6. The molecule has 0 fully saturated rings. The predicted molar refractivity (Wildman–Crippen MR) is 56.8 cm³/mol. The number of amidine groups is 1. The van der Waals surface area contributed by atoms with E-state index in [0.717, 1.165) is 5.56 Å². The fourth-order valence-electron chi connectivity index (χ4n) is 0.713. The van der Waals surface area contributed by atoms with Gasteiger partial charge in [-0.15, -0.1) is 0 Å². The highest BCUT2D eigenvalue weighted by molar-refractivity contribution is 5.94. The molecule has 0 radical (unpaired) electrons. The third-order valence-electron chi connectivity index (χ3n) is 1.41. The van der Waals surface area contributed by atoms with Crippen LogP contribution in [0.5, 0.6) is 0 Å². The Balaban J connectivity index is 0.000000288. The standard InChI is InChI=1S/C7H8N2.C3H6O3/c8-7(9)6-4-2-1-3-5-6;4-2-1-3(5)6/h1-5H,(H3,8,9);4H,1-2H2,(H,5,6). The van der Waals surface area contributed by atoms with Crippen molar-refractivity contribution >= 4 is 11.8 Å². The van der Waals surface area contributed by atoms with E-state index in [4.69, 9.17) is 21.4 Å². The molecule has 1 aromatic rings. The van der Waals surface area contributed by atoms with E-state index in [1.807, 2.05) is 30.3 Å². The molecule has 0 amide bonds. The Morgan fingerprint density at radius 1 is 1.33 bits per heavy atom. The topological polar surface area (TPSA) is 107 Å². The maximum Gasteiger partial charge on any atom is 0.305 e. The lowest BCUT2D eigenvalue weighted by Gasteiger charge is -1.93. The minimum absolute atomic E-state index is 0.121. The second-order valence-electron chi connectivity index (χ2n) is 2.65. The molecule has 1 aromatic carbocycles. The number of carbonyl (C=O) groups is 1. The first-order valence-electron chi connectivity index (χ1n) is 4.30. The average Bonchev–Trinajstić information content (AvgIpc) is 2.20. The second-order valence-corrected chi connectivity index (χ2v) is 2.65. The van der Waals surface area contributed by atoms with Gasteiger partial charge in [0.25, 0.3) is 0 Å². The molecule has 1 rings (SSSR count). The number of hydrogen-bond acceptors (Lipinski definition) is 3. The molecule has 0 aliphatic heterocycles. The van der Waals surface area contributed by atoms with E-state index in [2.05, 4.69) is 0 Å². The number of aliphatic hydroxyl groups is 1. The predicted octanol–water partition coefficient (Wildman–Crippen LogP) is 0.424. The van der Waals surface area contributed by atoms with Crippen LogP contribution in [0.3, 0.4) is 0 Å². The number of nitrogens with two attached hydrogens (primary N) is 1. The SMILES string of the molecule is N=C(N)c1ccccc1.O=C(O)CCO. The zero-order valence-corrected chi connectivity index (χ0v) is 8.18. The van der Waals surface area contributed by atoms with Crippen LogP contribution in [-0.4, -0.2) is 28.6 Å². The van der Waals surface area contributed by atoms with E-state index in [0.29, 0.717) is 0 Å². The summed E-state index contributed by atoms with van der Waals surface area (Å²) in [6, 6.07) is 9.23. The highest BCUT2D eigenvalue weighted by atomic mass is 16.4. The number of carboxylic acid groups (broad SMARTS) is 1. The normalized spacial score (nSPS) is 8.60. The Morgan fingerprint density at radius 3 is 2.07 bits per heavy atom. The summed E-state index contributed by atoms with van der Waals surface area (Å²) in [7, 11) is 0. The van der Waals surface area contributed by atoms with Crippen LogP contribution in [0.1, 0.15) is 12.0 Å². The van der Waals surface area contributed by atoms with E-state index in [1.165, 1.54) is 0 Å². The molecule has 0 aliphatic carbocycles. The van der Waals surface area contributed by atoms with Crippen LogP contribution in [0.15, 0.2) is 30.3 Å². The molecule has 0 heterocycles. The average molecular weight is 210 g/mol. The number of nitrogen functional groups attached to an aromatic ring is 1. The second kappa shape index (κ2) is 7.52. The van der Waals surface area contributed by atoms with Crippen LogP contribution in [-0.2, 0) is 4.79 Å². The van der Waals surface area contributed by atoms with Crippen molar-refractivity contribution in [3.8, 4) is 0 Å². The minimum atomic E-state index is -0.961. The van der Waals surface area contributed by atoms with Gasteiger partial charge in [-0.25, -0.2) is 0 Å². The van der Waals surface area contributed by atoms with Gasteiger partial charge in [-0.2, -0.15) is 0 Å². The fraction of sp³-hybridized carbons (Fsp3) is 0.200. The van der Waals surface area contributed by atoms with Crippen molar-refractivity contribution in [2.24, 2.45) is 5.73 Å². The van der Waals surface area contributed by atoms with Crippen molar-refractivity contribution in [3.63, 3.8) is 0 Å². The van der Waals surface area contributed by atoms with Crippen molar-refractivity contribution in [3.05, 3.63) is 35.9 Å². The molecule has 0 bridgehead atoms. The summed E-state index contributed by atoms with van der Waals surface area (Å²) in [4.78, 5) is 9.44. The van der Waals surface area contributed by atoms with Gasteiger partial charge in [0.05, 0.1) is 13.0 Å². The van der Waals surface area contributed by atoms with Crippen molar-refractivity contribution in [2.45, 2.75) is 6.42 Å². The van der Waals surface area contributed by atoms with Gasteiger partial charge >= 0.3 is 5.97 Å². The molecular formula is C10H14N2O3. The van der Waals surface area contributed by atoms with Crippen LogP contribution < -0.4 is 5.73 Å². The Bertz CT molecular complexity index is 312. The third-order valence-corrected chi connectivity index (χ3v) is 1.41. The van der Waals surface area contributed by atoms with Crippen molar-refractivity contribution < 1.29 is 15.0 Å². The van der Waals surface area contributed by atoms with E-state index in [9.17, 15) is 4.79 Å². The highest BCUT2D eigenvalue weighted by Crippen LogP contribution is 1.94. The van der Waals surface area contributed by atoms with Gasteiger partial charge in [0.1, 0.15) is 5.84 Å². The largest absolute Gasteiger partial charge is 0.481 e. The number of rotatable bonds is 3. The first kappa shape index (κ1) is 13.1. The smallest absolute Gasteiger partial charge is 0.305 e. The number of aliphatic carboxylic acids is 1. The zero-order chi connectivity index (χ0) is 11.7. The Kier molecular flexibility index (Phi) is 6.57. The number of nitrogens with one attached hydrogen (secondary N) is 1. The summed E-state index contributed by atoms with van der Waals surface area (Å²) < 4.78 is 0. The Hall–Kier alpha value is -1.88. The molecule has 0 spiro atoms. The van der Waals surface area contributed by atoms with Gasteiger partial charge in [-0.3, -0.25) is 10.2 Å². The van der Waals surface area contributed by atoms with E-state index in [-0.39, 0.29) is 18.9 Å². The first-order chi connectivity index (χ1) is 7.07. The first-order valence-corrected chi connectivity index (χ1v) is 4.30. The molecule has 0 aliphatic rings. The fourth-order valence-corrected chi connectivity index (χ4v) is 0.713. The van der Waals surface area contributed by atoms with Gasteiger partial charge in [0.2, 0.25) is 0 Å². The monoisotopic (exact) mass is 210 g/mol. The number of hydrogen-bond donors (Lipinski definition) is 4. The summed E-state index contributed by atoms with van der Waals surface area (Å²) in [5.41, 5.74) is 5.97. The van der Waals surface area contributed by atoms with Crippen LogP contribution in [0, 0.1) is 5.41 Å². The molecular weight excluding hydrogens is 196 g/mol. The minimum Gasteiger partial charge on any atom is -0.481 e. The number of benzene rings is 1. The lowest BCUT2D eigenvalue weighted by molar-refractivity contribution is -0.137. The highest BCUT2D eigenvalue weighted by Gasteiger charge is 1.89. The Morgan fingerprint density at radius 2 is 1.87 bits per heavy atom. The molecule has 0 saturated heterocycles. The summed E-state index contributed by atoms with van der Waals surface area (Å²) in [5.74, 6) is -0.840. The number of carboxylic acids is 1.